The molecule has 0 aliphatic heterocycles. The maximum absolute atomic E-state index is 13.4. The summed E-state index contributed by atoms with van der Waals surface area (Å²) in [5, 5.41) is 21.1. The molecule has 20 heavy (non-hydrogen) atoms. The summed E-state index contributed by atoms with van der Waals surface area (Å²) in [6, 6.07) is 10.4. The largest absolute Gasteiger partial charge is 0.507 e. The first-order valence-electron chi connectivity index (χ1n) is 5.83. The SMILES string of the molecule is Cc1cccc(C(=O)Nc2cccc(F)c2C#N)c1O. The number of nitriles is 1. The van der Waals surface area contributed by atoms with E-state index in [9.17, 15) is 14.3 Å². The van der Waals surface area contributed by atoms with Gasteiger partial charge in [0.2, 0.25) is 0 Å². The van der Waals surface area contributed by atoms with Gasteiger partial charge in [0, 0.05) is 0 Å². The third kappa shape index (κ3) is 2.45. The number of benzene rings is 2. The second kappa shape index (κ2) is 5.41. The van der Waals surface area contributed by atoms with Crippen molar-refractivity contribution >= 4 is 11.6 Å². The average Bonchev–Trinajstić information content (AvgIpc) is 2.42. The number of rotatable bonds is 2. The van der Waals surface area contributed by atoms with Crippen LogP contribution < -0.4 is 5.32 Å². The zero-order chi connectivity index (χ0) is 14.7. The summed E-state index contributed by atoms with van der Waals surface area (Å²) >= 11 is 0. The summed E-state index contributed by atoms with van der Waals surface area (Å²) in [5.74, 6) is -1.45. The van der Waals surface area contributed by atoms with E-state index in [-0.39, 0.29) is 22.6 Å². The smallest absolute Gasteiger partial charge is 0.259 e. The van der Waals surface area contributed by atoms with Crippen molar-refractivity contribution < 1.29 is 14.3 Å². The first-order chi connectivity index (χ1) is 9.54. The van der Waals surface area contributed by atoms with Crippen LogP contribution in [0.25, 0.3) is 0 Å². The van der Waals surface area contributed by atoms with Crippen molar-refractivity contribution in [2.75, 3.05) is 5.32 Å². The molecule has 0 saturated heterocycles. The number of halogens is 1. The number of carbonyl (C=O) groups is 1. The highest BCUT2D eigenvalue weighted by molar-refractivity contribution is 6.06. The van der Waals surface area contributed by atoms with E-state index in [4.69, 9.17) is 5.26 Å². The Hall–Kier alpha value is -2.87. The van der Waals surface area contributed by atoms with Crippen LogP contribution in [-0.4, -0.2) is 11.0 Å². The minimum absolute atomic E-state index is 0.0677. The molecule has 0 spiro atoms. The molecule has 2 rings (SSSR count). The molecule has 0 radical (unpaired) electrons. The van der Waals surface area contributed by atoms with Crippen LogP contribution in [0.1, 0.15) is 21.5 Å². The van der Waals surface area contributed by atoms with E-state index < -0.39 is 11.7 Å². The lowest BCUT2D eigenvalue weighted by molar-refractivity contribution is 0.102. The van der Waals surface area contributed by atoms with Gasteiger partial charge in [-0.05, 0) is 30.7 Å². The summed E-state index contributed by atoms with van der Waals surface area (Å²) in [7, 11) is 0. The summed E-state index contributed by atoms with van der Waals surface area (Å²) < 4.78 is 13.4. The molecule has 4 nitrogen and oxygen atoms in total. The number of hydrogen-bond acceptors (Lipinski definition) is 3. The van der Waals surface area contributed by atoms with Gasteiger partial charge in [0.1, 0.15) is 23.2 Å². The third-order valence-corrected chi connectivity index (χ3v) is 2.86. The molecule has 1 amide bonds. The first kappa shape index (κ1) is 13.6. The molecule has 0 aliphatic rings. The van der Waals surface area contributed by atoms with Gasteiger partial charge >= 0.3 is 0 Å². The molecule has 0 bridgehead atoms. The Labute approximate surface area is 115 Å². The molecule has 0 aliphatic carbocycles. The molecule has 2 N–H and O–H groups in total. The highest BCUT2D eigenvalue weighted by Gasteiger charge is 2.15. The molecule has 2 aromatic carbocycles. The maximum Gasteiger partial charge on any atom is 0.259 e. The van der Waals surface area contributed by atoms with Gasteiger partial charge in [0.05, 0.1) is 11.3 Å². The van der Waals surface area contributed by atoms with Crippen molar-refractivity contribution in [2.45, 2.75) is 6.92 Å². The monoisotopic (exact) mass is 270 g/mol. The van der Waals surface area contributed by atoms with E-state index in [1.54, 1.807) is 25.1 Å². The van der Waals surface area contributed by atoms with Crippen LogP contribution in [0.3, 0.4) is 0 Å². The van der Waals surface area contributed by atoms with Crippen molar-refractivity contribution in [1.82, 2.24) is 0 Å². The Balaban J connectivity index is 2.36. The predicted molar refractivity (Wildman–Crippen MR) is 71.9 cm³/mol. The fourth-order valence-corrected chi connectivity index (χ4v) is 1.77. The summed E-state index contributed by atoms with van der Waals surface area (Å²) in [5.41, 5.74) is 0.446. The number of aryl methyl sites for hydroxylation is 1. The van der Waals surface area contributed by atoms with Crippen LogP contribution in [0.2, 0.25) is 0 Å². The zero-order valence-electron chi connectivity index (χ0n) is 10.6. The van der Waals surface area contributed by atoms with Crippen LogP contribution >= 0.6 is 0 Å². The summed E-state index contributed by atoms with van der Waals surface area (Å²) in [4.78, 5) is 12.1. The van der Waals surface area contributed by atoms with Gasteiger partial charge in [-0.15, -0.1) is 0 Å². The van der Waals surface area contributed by atoms with Gasteiger partial charge in [-0.25, -0.2) is 4.39 Å². The van der Waals surface area contributed by atoms with E-state index in [1.165, 1.54) is 18.2 Å². The number of hydrogen-bond donors (Lipinski definition) is 2. The number of phenols is 1. The fraction of sp³-hybridized carbons (Fsp3) is 0.0667. The number of aromatic hydroxyl groups is 1. The van der Waals surface area contributed by atoms with Crippen molar-refractivity contribution in [3.8, 4) is 11.8 Å². The summed E-state index contributed by atoms with van der Waals surface area (Å²) in [6.45, 7) is 1.66. The topological polar surface area (TPSA) is 73.1 Å². The van der Waals surface area contributed by atoms with Gasteiger partial charge in [0.15, 0.2) is 0 Å². The lowest BCUT2D eigenvalue weighted by Gasteiger charge is -2.09. The fourth-order valence-electron chi connectivity index (χ4n) is 1.77. The molecule has 100 valence electrons. The van der Waals surface area contributed by atoms with Crippen LogP contribution in [-0.2, 0) is 0 Å². The molecular formula is C15H11FN2O2. The van der Waals surface area contributed by atoms with E-state index in [2.05, 4.69) is 5.32 Å². The number of amides is 1. The summed E-state index contributed by atoms with van der Waals surface area (Å²) in [6.07, 6.45) is 0. The maximum atomic E-state index is 13.4. The number of nitrogens with one attached hydrogen (secondary N) is 1. The molecule has 0 heterocycles. The molecule has 2 aromatic rings. The van der Waals surface area contributed by atoms with Crippen molar-refractivity contribution in [3.05, 3.63) is 58.9 Å². The number of para-hydroxylation sites is 1. The van der Waals surface area contributed by atoms with Crippen molar-refractivity contribution in [2.24, 2.45) is 0 Å². The number of nitrogens with zero attached hydrogens (tertiary/aromatic N) is 1. The first-order valence-corrected chi connectivity index (χ1v) is 5.83. The van der Waals surface area contributed by atoms with Gasteiger partial charge < -0.3 is 10.4 Å². The number of carbonyl (C=O) groups excluding carboxylic acids is 1. The van der Waals surface area contributed by atoms with Gasteiger partial charge in [-0.2, -0.15) is 5.26 Å². The van der Waals surface area contributed by atoms with E-state index in [0.717, 1.165) is 6.07 Å². The quantitative estimate of drug-likeness (QED) is 0.881. The van der Waals surface area contributed by atoms with Gasteiger partial charge in [-0.1, -0.05) is 18.2 Å². The molecule has 5 heteroatoms. The Morgan fingerprint density at radius 1 is 1.30 bits per heavy atom. The second-order valence-corrected chi connectivity index (χ2v) is 4.20. The zero-order valence-corrected chi connectivity index (χ0v) is 10.6. The lowest BCUT2D eigenvalue weighted by Crippen LogP contribution is -2.13. The van der Waals surface area contributed by atoms with Crippen molar-refractivity contribution in [3.63, 3.8) is 0 Å². The molecule has 0 atom stereocenters. The third-order valence-electron chi connectivity index (χ3n) is 2.86. The van der Waals surface area contributed by atoms with E-state index >= 15 is 0 Å². The van der Waals surface area contributed by atoms with Crippen LogP contribution in [0, 0.1) is 24.1 Å². The lowest BCUT2D eigenvalue weighted by atomic mass is 10.1. The highest BCUT2D eigenvalue weighted by atomic mass is 19.1. The van der Waals surface area contributed by atoms with Crippen LogP contribution in [0.15, 0.2) is 36.4 Å². The molecule has 0 unspecified atom stereocenters. The van der Waals surface area contributed by atoms with E-state index in [1.807, 2.05) is 0 Å². The number of anilines is 1. The van der Waals surface area contributed by atoms with Gasteiger partial charge in [0.25, 0.3) is 5.91 Å². The molecular weight excluding hydrogens is 259 g/mol. The van der Waals surface area contributed by atoms with E-state index in [0.29, 0.717) is 5.56 Å². The van der Waals surface area contributed by atoms with Crippen LogP contribution in [0.5, 0.6) is 5.75 Å². The Morgan fingerprint density at radius 3 is 2.70 bits per heavy atom. The second-order valence-electron chi connectivity index (χ2n) is 4.20. The molecule has 0 saturated carbocycles. The Morgan fingerprint density at radius 2 is 2.00 bits per heavy atom. The molecule has 0 aromatic heterocycles. The highest BCUT2D eigenvalue weighted by Crippen LogP contribution is 2.24. The van der Waals surface area contributed by atoms with Crippen LogP contribution in [0.4, 0.5) is 10.1 Å². The predicted octanol–water partition coefficient (Wildman–Crippen LogP) is 2.96. The standard InChI is InChI=1S/C15H11FN2O2/c1-9-4-2-5-10(14(9)19)15(20)18-13-7-3-6-12(16)11(13)8-17/h2-7,19H,1H3,(H,18,20). The van der Waals surface area contributed by atoms with Gasteiger partial charge in [-0.3, -0.25) is 4.79 Å². The molecule has 0 fully saturated rings. The number of phenolic OH excluding ortho intramolecular Hbond substituents is 1. The minimum Gasteiger partial charge on any atom is -0.507 e. The Bertz CT molecular complexity index is 720. The minimum atomic E-state index is -0.709. The normalized spacial score (nSPS) is 9.85. The van der Waals surface area contributed by atoms with Crippen molar-refractivity contribution in [1.29, 1.82) is 5.26 Å². The average molecular weight is 270 g/mol. The Kier molecular flexibility index (Phi) is 3.67.